The summed E-state index contributed by atoms with van der Waals surface area (Å²) in [6.45, 7) is 0.357. The highest BCUT2D eigenvalue weighted by molar-refractivity contribution is 7.99. The minimum absolute atomic E-state index is 0.338. The summed E-state index contributed by atoms with van der Waals surface area (Å²) >= 11 is 9.18. The molecule has 0 aliphatic carbocycles. The van der Waals surface area contributed by atoms with Crippen molar-refractivity contribution < 1.29 is 18.9 Å². The molecule has 186 valence electrons. The van der Waals surface area contributed by atoms with Crippen LogP contribution in [-0.2, 0) is 18.9 Å². The highest BCUT2D eigenvalue weighted by Crippen LogP contribution is 2.44. The van der Waals surface area contributed by atoms with Crippen molar-refractivity contribution in [1.29, 1.82) is 0 Å². The molecule has 2 aliphatic rings. The van der Waals surface area contributed by atoms with E-state index in [1.54, 1.807) is 25.7 Å². The molecule has 3 unspecified atom stereocenters. The van der Waals surface area contributed by atoms with Crippen molar-refractivity contribution in [3.8, 4) is 10.7 Å². The van der Waals surface area contributed by atoms with Crippen molar-refractivity contribution >= 4 is 34.7 Å². The van der Waals surface area contributed by atoms with Gasteiger partial charge in [0.25, 0.3) is 0 Å². The summed E-state index contributed by atoms with van der Waals surface area (Å²) in [7, 11) is 1.66. The summed E-state index contributed by atoms with van der Waals surface area (Å²) in [6.07, 6.45) is 5.30. The van der Waals surface area contributed by atoms with Crippen LogP contribution in [0.2, 0.25) is 5.02 Å². The molecule has 1 aromatic carbocycles. The number of halogens is 1. The zero-order chi connectivity index (χ0) is 24.5. The van der Waals surface area contributed by atoms with Crippen LogP contribution in [0.5, 0.6) is 0 Å². The number of rotatable bonds is 6. The number of fused-ring (bicyclic) bond motifs is 1. The second-order valence-corrected chi connectivity index (χ2v) is 10.8. The topological polar surface area (TPSA) is 93.4 Å². The van der Waals surface area contributed by atoms with Gasteiger partial charge in [0.1, 0.15) is 40.5 Å². The lowest BCUT2D eigenvalue weighted by Crippen LogP contribution is -2.59. The first-order valence-electron chi connectivity index (χ1n) is 11.3. The van der Waals surface area contributed by atoms with Crippen LogP contribution in [0, 0.1) is 0 Å². The Kier molecular flexibility index (Phi) is 7.02. The third-order valence-electron chi connectivity index (χ3n) is 6.05. The summed E-state index contributed by atoms with van der Waals surface area (Å²) in [4.78, 5) is 9.44. The van der Waals surface area contributed by atoms with Gasteiger partial charge in [0.15, 0.2) is 6.29 Å². The van der Waals surface area contributed by atoms with Crippen molar-refractivity contribution in [3.63, 3.8) is 0 Å². The molecule has 0 N–H and O–H groups in total. The van der Waals surface area contributed by atoms with Crippen molar-refractivity contribution in [1.82, 2.24) is 25.0 Å². The number of ether oxygens (including phenoxy) is 4. The summed E-state index contributed by atoms with van der Waals surface area (Å²) < 4.78 is 27.0. The van der Waals surface area contributed by atoms with Gasteiger partial charge >= 0.3 is 0 Å². The van der Waals surface area contributed by atoms with Gasteiger partial charge in [-0.2, -0.15) is 0 Å². The molecule has 36 heavy (non-hydrogen) atoms. The van der Waals surface area contributed by atoms with Crippen LogP contribution in [0.15, 0.2) is 71.5 Å². The molecule has 6 rings (SSSR count). The minimum atomic E-state index is -0.528. The third kappa shape index (κ3) is 4.80. The Morgan fingerprint density at radius 3 is 2.86 bits per heavy atom. The van der Waals surface area contributed by atoms with Gasteiger partial charge in [-0.05, 0) is 6.07 Å². The molecular weight excluding hydrogens is 522 g/mol. The number of pyridine rings is 1. The lowest BCUT2D eigenvalue weighted by Gasteiger charge is -2.48. The predicted molar refractivity (Wildman–Crippen MR) is 135 cm³/mol. The molecule has 0 spiro atoms. The van der Waals surface area contributed by atoms with E-state index in [1.807, 2.05) is 52.7 Å². The maximum atomic E-state index is 6.52. The van der Waals surface area contributed by atoms with E-state index < -0.39 is 23.9 Å². The van der Waals surface area contributed by atoms with E-state index in [9.17, 15) is 0 Å². The van der Waals surface area contributed by atoms with Gasteiger partial charge in [-0.15, -0.1) is 16.4 Å². The van der Waals surface area contributed by atoms with Gasteiger partial charge in [-0.25, -0.2) is 9.67 Å². The van der Waals surface area contributed by atoms with E-state index in [2.05, 4.69) is 20.3 Å². The number of methoxy groups -OCH3 is 1. The van der Waals surface area contributed by atoms with Crippen LogP contribution in [0.1, 0.15) is 17.9 Å². The number of benzene rings is 1. The number of aromatic nitrogens is 5. The fourth-order valence-corrected chi connectivity index (χ4v) is 6.47. The SMILES string of the molecule is CO[C@H]1C(n2cc(-c3nccs3)nn2)[C@H]2OC(c3ccccc3)OCC2O[C@@H]1Sc1cncc(Cl)c1. The predicted octanol–water partition coefficient (Wildman–Crippen LogP) is 4.64. The number of thiazole rings is 1. The molecule has 6 atom stereocenters. The molecule has 12 heteroatoms. The van der Waals surface area contributed by atoms with Crippen LogP contribution in [-0.4, -0.2) is 62.4 Å². The number of nitrogens with zero attached hydrogens (tertiary/aromatic N) is 5. The molecule has 0 bridgehead atoms. The number of hydrogen-bond acceptors (Lipinski definition) is 10. The Bertz CT molecular complexity index is 1290. The second-order valence-electron chi connectivity index (χ2n) is 8.29. The average molecular weight is 544 g/mol. The Balaban J connectivity index is 1.35. The first-order valence-corrected chi connectivity index (χ1v) is 13.4. The highest BCUT2D eigenvalue weighted by Gasteiger charge is 2.52. The van der Waals surface area contributed by atoms with E-state index in [0.29, 0.717) is 17.3 Å². The summed E-state index contributed by atoms with van der Waals surface area (Å²) in [5.74, 6) is 0. The lowest BCUT2D eigenvalue weighted by atomic mass is 9.96. The molecule has 0 radical (unpaired) electrons. The molecule has 9 nitrogen and oxygen atoms in total. The summed E-state index contributed by atoms with van der Waals surface area (Å²) in [5.41, 5.74) is 1.24. The largest absolute Gasteiger partial charge is 0.375 e. The van der Waals surface area contributed by atoms with Gasteiger partial charge in [0, 0.05) is 41.5 Å². The van der Waals surface area contributed by atoms with Crippen LogP contribution in [0.4, 0.5) is 0 Å². The van der Waals surface area contributed by atoms with Gasteiger partial charge in [0.05, 0.1) is 17.8 Å². The Labute approximate surface area is 220 Å². The first kappa shape index (κ1) is 24.0. The van der Waals surface area contributed by atoms with Gasteiger partial charge in [0.2, 0.25) is 0 Å². The van der Waals surface area contributed by atoms with Crippen LogP contribution in [0.25, 0.3) is 10.7 Å². The Morgan fingerprint density at radius 1 is 1.19 bits per heavy atom. The minimum Gasteiger partial charge on any atom is -0.375 e. The van der Waals surface area contributed by atoms with E-state index in [4.69, 9.17) is 30.5 Å². The molecule has 3 aromatic heterocycles. The van der Waals surface area contributed by atoms with Gasteiger partial charge in [-0.3, -0.25) is 4.98 Å². The molecule has 0 saturated carbocycles. The first-order chi connectivity index (χ1) is 17.7. The monoisotopic (exact) mass is 543 g/mol. The van der Waals surface area contributed by atoms with E-state index >= 15 is 0 Å². The van der Waals surface area contributed by atoms with Crippen molar-refractivity contribution in [3.05, 3.63) is 77.2 Å². The molecule has 5 heterocycles. The third-order valence-corrected chi connectivity index (χ3v) is 8.16. The summed E-state index contributed by atoms with van der Waals surface area (Å²) in [6, 6.07) is 11.4. The van der Waals surface area contributed by atoms with Crippen LogP contribution in [0.3, 0.4) is 0 Å². The summed E-state index contributed by atoms with van der Waals surface area (Å²) in [5, 5.41) is 12.1. The fourth-order valence-electron chi connectivity index (χ4n) is 4.45. The smallest absolute Gasteiger partial charge is 0.184 e. The molecule has 4 aromatic rings. The molecular formula is C24H22ClN5O4S2. The molecule has 0 amide bonds. The van der Waals surface area contributed by atoms with Crippen molar-refractivity contribution in [2.75, 3.05) is 13.7 Å². The van der Waals surface area contributed by atoms with Crippen molar-refractivity contribution in [2.45, 2.75) is 41.0 Å². The maximum absolute atomic E-state index is 6.52. The Morgan fingerprint density at radius 2 is 2.08 bits per heavy atom. The second kappa shape index (κ2) is 10.5. The van der Waals surface area contributed by atoms with Gasteiger partial charge in [-0.1, -0.05) is 58.9 Å². The normalized spacial score (nSPS) is 28.1. The fraction of sp³-hybridized carbons (Fsp3) is 0.333. The molecule has 2 fully saturated rings. The van der Waals surface area contributed by atoms with E-state index in [1.165, 1.54) is 23.1 Å². The molecule has 2 saturated heterocycles. The zero-order valence-corrected chi connectivity index (χ0v) is 21.5. The number of hydrogen-bond donors (Lipinski definition) is 0. The number of thioether (sulfide) groups is 1. The Hall–Kier alpha value is -2.38. The zero-order valence-electron chi connectivity index (χ0n) is 19.1. The van der Waals surface area contributed by atoms with Crippen LogP contribution < -0.4 is 0 Å². The average Bonchev–Trinajstić information content (AvgIpc) is 3.61. The highest BCUT2D eigenvalue weighted by atomic mass is 35.5. The van der Waals surface area contributed by atoms with Crippen LogP contribution >= 0.6 is 34.7 Å². The van der Waals surface area contributed by atoms with Crippen molar-refractivity contribution in [2.24, 2.45) is 0 Å². The van der Waals surface area contributed by atoms with E-state index in [-0.39, 0.29) is 12.1 Å². The molecule has 2 aliphatic heterocycles. The standard InChI is InChI=1S/C24H22ClN5O4S2/c1-31-21-19(30-12-17(28-29-30)22-27-7-8-35-22)20-18(13-32-23(34-20)14-5-3-2-4-6-14)33-24(21)36-16-9-15(25)10-26-11-16/h2-12,18-21,23-24H,13H2,1H3/t18?,19?,20-,21-,23?,24+/m0/s1. The van der Waals surface area contributed by atoms with E-state index in [0.717, 1.165) is 15.5 Å². The maximum Gasteiger partial charge on any atom is 0.184 e. The lowest BCUT2D eigenvalue weighted by molar-refractivity contribution is -0.308. The quantitative estimate of drug-likeness (QED) is 0.345. The van der Waals surface area contributed by atoms with Gasteiger partial charge < -0.3 is 18.9 Å².